The second-order valence-corrected chi connectivity index (χ2v) is 5.21. The van der Waals surface area contributed by atoms with Crippen molar-refractivity contribution in [3.8, 4) is 0 Å². The van der Waals surface area contributed by atoms with Crippen LogP contribution >= 0.6 is 0 Å². The number of hydrogen-bond donors (Lipinski definition) is 2. The minimum absolute atomic E-state index is 0.562. The second kappa shape index (κ2) is 6.03. The predicted octanol–water partition coefficient (Wildman–Crippen LogP) is 2.60. The number of rotatable bonds is 6. The van der Waals surface area contributed by atoms with Crippen molar-refractivity contribution in [2.75, 3.05) is 20.1 Å². The molecule has 3 heteroatoms. The molecule has 0 aliphatic heterocycles. The van der Waals surface area contributed by atoms with Gasteiger partial charge in [-0.05, 0) is 18.7 Å². The van der Waals surface area contributed by atoms with Crippen LogP contribution in [0.25, 0.3) is 10.9 Å². The van der Waals surface area contributed by atoms with Crippen LogP contribution in [0.15, 0.2) is 30.5 Å². The van der Waals surface area contributed by atoms with Crippen molar-refractivity contribution in [1.82, 2.24) is 15.2 Å². The number of likely N-dealkylation sites (N-methyl/N-ethyl adjacent to an activating group) is 1. The van der Waals surface area contributed by atoms with Crippen molar-refractivity contribution < 1.29 is 0 Å². The average Bonchev–Trinajstić information content (AvgIpc) is 2.72. The molecule has 1 heterocycles. The van der Waals surface area contributed by atoms with E-state index in [1.807, 2.05) is 0 Å². The Bertz CT molecular complexity index is 487. The van der Waals surface area contributed by atoms with E-state index in [4.69, 9.17) is 0 Å². The summed E-state index contributed by atoms with van der Waals surface area (Å²) in [6.45, 7) is 7.46. The van der Waals surface area contributed by atoms with Crippen molar-refractivity contribution in [3.05, 3.63) is 36.0 Å². The molecule has 0 spiro atoms. The number of benzene rings is 1. The van der Waals surface area contributed by atoms with Gasteiger partial charge in [0.15, 0.2) is 0 Å². The molecule has 0 aliphatic carbocycles. The summed E-state index contributed by atoms with van der Waals surface area (Å²) >= 11 is 0. The third kappa shape index (κ3) is 3.34. The summed E-state index contributed by atoms with van der Waals surface area (Å²) < 4.78 is 0. The van der Waals surface area contributed by atoms with Crippen molar-refractivity contribution in [3.63, 3.8) is 0 Å². The summed E-state index contributed by atoms with van der Waals surface area (Å²) in [6.07, 6.45) is 2.12. The van der Waals surface area contributed by atoms with Crippen LogP contribution < -0.4 is 5.32 Å². The van der Waals surface area contributed by atoms with E-state index in [-0.39, 0.29) is 0 Å². The maximum atomic E-state index is 3.44. The van der Waals surface area contributed by atoms with E-state index in [1.165, 1.54) is 16.5 Å². The summed E-state index contributed by atoms with van der Waals surface area (Å²) in [4.78, 5) is 5.68. The van der Waals surface area contributed by atoms with Crippen LogP contribution in [-0.2, 0) is 6.54 Å². The highest BCUT2D eigenvalue weighted by atomic mass is 15.1. The van der Waals surface area contributed by atoms with Gasteiger partial charge in [0.25, 0.3) is 0 Å². The summed E-state index contributed by atoms with van der Waals surface area (Å²) in [5.41, 5.74) is 2.60. The molecule has 2 N–H and O–H groups in total. The molecule has 0 fully saturated rings. The first-order chi connectivity index (χ1) is 8.66. The molecule has 2 rings (SSSR count). The Morgan fingerprint density at radius 2 is 2.06 bits per heavy atom. The molecule has 18 heavy (non-hydrogen) atoms. The molecule has 0 atom stereocenters. The standard InChI is InChI=1S/C15H23N3/c1-12(2)16-8-9-18(3)11-13-10-17-15-7-5-4-6-14(13)15/h4-7,10,12,16-17H,8-9,11H2,1-3H3. The lowest BCUT2D eigenvalue weighted by Gasteiger charge is -2.17. The van der Waals surface area contributed by atoms with Crippen LogP contribution in [0.2, 0.25) is 0 Å². The Morgan fingerprint density at radius 3 is 2.83 bits per heavy atom. The molecule has 1 aromatic heterocycles. The van der Waals surface area contributed by atoms with Gasteiger partial charge in [-0.2, -0.15) is 0 Å². The van der Waals surface area contributed by atoms with E-state index >= 15 is 0 Å². The van der Waals surface area contributed by atoms with E-state index in [9.17, 15) is 0 Å². The number of fused-ring (bicyclic) bond motifs is 1. The highest BCUT2D eigenvalue weighted by molar-refractivity contribution is 5.82. The number of nitrogens with one attached hydrogen (secondary N) is 2. The van der Waals surface area contributed by atoms with Crippen LogP contribution in [0.1, 0.15) is 19.4 Å². The summed E-state index contributed by atoms with van der Waals surface area (Å²) in [5.74, 6) is 0. The zero-order valence-electron chi connectivity index (χ0n) is 11.5. The lowest BCUT2D eigenvalue weighted by molar-refractivity contribution is 0.321. The smallest absolute Gasteiger partial charge is 0.0457 e. The number of aromatic nitrogens is 1. The van der Waals surface area contributed by atoms with E-state index in [1.54, 1.807) is 0 Å². The van der Waals surface area contributed by atoms with Crippen LogP contribution in [0.3, 0.4) is 0 Å². The van der Waals surface area contributed by atoms with Gasteiger partial charge >= 0.3 is 0 Å². The fourth-order valence-corrected chi connectivity index (χ4v) is 2.18. The third-order valence-electron chi connectivity index (χ3n) is 3.16. The van der Waals surface area contributed by atoms with Gasteiger partial charge in [0.05, 0.1) is 0 Å². The maximum absolute atomic E-state index is 3.44. The number of aromatic amines is 1. The van der Waals surface area contributed by atoms with Crippen molar-refractivity contribution in [1.29, 1.82) is 0 Å². The number of para-hydroxylation sites is 1. The minimum Gasteiger partial charge on any atom is -0.361 e. The molecular formula is C15H23N3. The van der Waals surface area contributed by atoms with Crippen LogP contribution in [0.4, 0.5) is 0 Å². The largest absolute Gasteiger partial charge is 0.361 e. The van der Waals surface area contributed by atoms with Crippen LogP contribution in [0, 0.1) is 0 Å². The molecule has 2 aromatic rings. The SMILES string of the molecule is CC(C)NCCN(C)Cc1c[nH]c2ccccc12. The summed E-state index contributed by atoms with van der Waals surface area (Å²) in [5, 5.41) is 4.78. The zero-order chi connectivity index (χ0) is 13.0. The zero-order valence-corrected chi connectivity index (χ0v) is 11.5. The molecule has 3 nitrogen and oxygen atoms in total. The summed E-state index contributed by atoms with van der Waals surface area (Å²) in [6, 6.07) is 9.03. The van der Waals surface area contributed by atoms with Crippen LogP contribution in [0.5, 0.6) is 0 Å². The molecule has 0 saturated carbocycles. The number of H-pyrrole nitrogens is 1. The number of hydrogen-bond acceptors (Lipinski definition) is 2. The molecule has 0 unspecified atom stereocenters. The fourth-order valence-electron chi connectivity index (χ4n) is 2.18. The van der Waals surface area contributed by atoms with Crippen molar-refractivity contribution >= 4 is 10.9 Å². The van der Waals surface area contributed by atoms with Crippen LogP contribution in [-0.4, -0.2) is 36.1 Å². The van der Waals surface area contributed by atoms with Crippen molar-refractivity contribution in [2.24, 2.45) is 0 Å². The molecule has 0 aliphatic rings. The first-order valence-electron chi connectivity index (χ1n) is 6.63. The van der Waals surface area contributed by atoms with Gasteiger partial charge in [-0.15, -0.1) is 0 Å². The van der Waals surface area contributed by atoms with Gasteiger partial charge in [0, 0.05) is 42.8 Å². The Kier molecular flexibility index (Phi) is 4.39. The van der Waals surface area contributed by atoms with E-state index in [0.717, 1.165) is 19.6 Å². The molecule has 0 radical (unpaired) electrons. The average molecular weight is 245 g/mol. The molecule has 98 valence electrons. The monoisotopic (exact) mass is 245 g/mol. The van der Waals surface area contributed by atoms with Gasteiger partial charge in [0.2, 0.25) is 0 Å². The third-order valence-corrected chi connectivity index (χ3v) is 3.16. The topological polar surface area (TPSA) is 31.1 Å². The molecular weight excluding hydrogens is 222 g/mol. The molecule has 0 amide bonds. The highest BCUT2D eigenvalue weighted by Gasteiger charge is 2.05. The quantitative estimate of drug-likeness (QED) is 0.819. The highest BCUT2D eigenvalue weighted by Crippen LogP contribution is 2.18. The molecule has 0 saturated heterocycles. The van der Waals surface area contributed by atoms with E-state index < -0.39 is 0 Å². The maximum Gasteiger partial charge on any atom is 0.0457 e. The van der Waals surface area contributed by atoms with Crippen molar-refractivity contribution in [2.45, 2.75) is 26.4 Å². The Hall–Kier alpha value is -1.32. The normalized spacial score (nSPS) is 11.8. The fraction of sp³-hybridized carbons (Fsp3) is 0.467. The van der Waals surface area contributed by atoms with E-state index in [0.29, 0.717) is 6.04 Å². The first-order valence-corrected chi connectivity index (χ1v) is 6.63. The first kappa shape index (κ1) is 13.1. The van der Waals surface area contributed by atoms with Gasteiger partial charge < -0.3 is 15.2 Å². The van der Waals surface area contributed by atoms with Gasteiger partial charge in [-0.1, -0.05) is 32.0 Å². The Balaban J connectivity index is 1.92. The van der Waals surface area contributed by atoms with Gasteiger partial charge in [0.1, 0.15) is 0 Å². The Morgan fingerprint density at radius 1 is 1.28 bits per heavy atom. The molecule has 1 aromatic carbocycles. The molecule has 0 bridgehead atoms. The number of nitrogens with zero attached hydrogens (tertiary/aromatic N) is 1. The Labute approximate surface area is 109 Å². The predicted molar refractivity (Wildman–Crippen MR) is 77.8 cm³/mol. The van der Waals surface area contributed by atoms with Gasteiger partial charge in [-0.3, -0.25) is 0 Å². The lowest BCUT2D eigenvalue weighted by Crippen LogP contribution is -2.32. The minimum atomic E-state index is 0.562. The van der Waals surface area contributed by atoms with E-state index in [2.05, 4.69) is 66.6 Å². The lowest BCUT2D eigenvalue weighted by atomic mass is 10.1. The van der Waals surface area contributed by atoms with Gasteiger partial charge in [-0.25, -0.2) is 0 Å². The summed E-state index contributed by atoms with van der Waals surface area (Å²) in [7, 11) is 2.17. The second-order valence-electron chi connectivity index (χ2n) is 5.21.